The first-order valence-electron chi connectivity index (χ1n) is 13.0. The first kappa shape index (κ1) is 32.3. The van der Waals surface area contributed by atoms with Gasteiger partial charge < -0.3 is 24.4 Å². The van der Waals surface area contributed by atoms with Crippen molar-refractivity contribution in [1.82, 2.24) is 9.80 Å². The molecule has 2 aliphatic heterocycles. The summed E-state index contributed by atoms with van der Waals surface area (Å²) >= 11 is 3.31. The maximum Gasteiger partial charge on any atom is 0.410 e. The second-order valence-electron chi connectivity index (χ2n) is 11.5. The van der Waals surface area contributed by atoms with Crippen molar-refractivity contribution < 1.29 is 29.0 Å². The van der Waals surface area contributed by atoms with Gasteiger partial charge in [-0.1, -0.05) is 64.5 Å². The van der Waals surface area contributed by atoms with Gasteiger partial charge in [-0.15, -0.1) is 0 Å². The number of halogens is 1. The van der Waals surface area contributed by atoms with E-state index in [1.54, 1.807) is 4.90 Å². The van der Waals surface area contributed by atoms with E-state index in [1.807, 2.05) is 102 Å². The zero-order chi connectivity index (χ0) is 29.3. The highest BCUT2D eigenvalue weighted by molar-refractivity contribution is 9.10. The van der Waals surface area contributed by atoms with E-state index >= 15 is 0 Å². The van der Waals surface area contributed by atoms with E-state index in [4.69, 9.17) is 9.47 Å². The summed E-state index contributed by atoms with van der Waals surface area (Å²) in [5.74, 6) is 0.103. The van der Waals surface area contributed by atoms with Crippen molar-refractivity contribution in [1.29, 1.82) is 0 Å². The lowest BCUT2D eigenvalue weighted by Gasteiger charge is -2.26. The molecule has 2 aliphatic rings. The Morgan fingerprint density at radius 2 is 1.31 bits per heavy atom. The maximum atomic E-state index is 12.0. The van der Waals surface area contributed by atoms with Crippen LogP contribution in [-0.4, -0.2) is 70.3 Å². The monoisotopic (exact) mass is 604 g/mol. The highest BCUT2D eigenvalue weighted by atomic mass is 79.9. The molecule has 2 saturated heterocycles. The van der Waals surface area contributed by atoms with E-state index in [0.29, 0.717) is 25.9 Å². The second-order valence-corrected chi connectivity index (χ2v) is 12.5. The van der Waals surface area contributed by atoms with Crippen molar-refractivity contribution in [3.8, 4) is 0 Å². The van der Waals surface area contributed by atoms with Gasteiger partial charge in [0.1, 0.15) is 16.8 Å². The van der Waals surface area contributed by atoms with Gasteiger partial charge in [-0.05, 0) is 65.7 Å². The number of carbonyl (C=O) groups excluding carboxylic acids is 3. The number of hydrogen-bond donors (Lipinski definition) is 1. The number of hydrogen-bond acceptors (Lipinski definition) is 6. The van der Waals surface area contributed by atoms with Crippen molar-refractivity contribution in [2.75, 3.05) is 26.2 Å². The van der Waals surface area contributed by atoms with E-state index in [0.717, 1.165) is 10.0 Å². The zero-order valence-corrected chi connectivity index (χ0v) is 25.4. The molecule has 0 spiro atoms. The molecule has 9 heteroatoms. The molecule has 1 N–H and O–H groups in total. The van der Waals surface area contributed by atoms with Gasteiger partial charge in [-0.25, -0.2) is 9.59 Å². The number of ketones is 1. The van der Waals surface area contributed by atoms with E-state index < -0.39 is 22.9 Å². The molecule has 214 valence electrons. The fraction of sp³-hybridized carbons (Fsp3) is 0.500. The Balaban J connectivity index is 0.000000229. The van der Waals surface area contributed by atoms with Crippen molar-refractivity contribution >= 4 is 33.9 Å². The minimum Gasteiger partial charge on any atom is -0.444 e. The molecule has 0 bridgehead atoms. The SMILES string of the molecule is Brc1ccccc1.CC(C)(C)OC(=O)N1CCC(=O)C1.CC(C)(C)OC(=O)N1CCC(O)(c2ccccc2)C1. The first-order chi connectivity index (χ1) is 18.1. The quantitative estimate of drug-likeness (QED) is 0.419. The van der Waals surface area contributed by atoms with Gasteiger partial charge in [0, 0.05) is 24.0 Å². The lowest BCUT2D eigenvalue weighted by Crippen LogP contribution is -2.38. The maximum absolute atomic E-state index is 12.0. The van der Waals surface area contributed by atoms with Crippen LogP contribution in [0.4, 0.5) is 9.59 Å². The van der Waals surface area contributed by atoms with Crippen LogP contribution in [0.25, 0.3) is 0 Å². The predicted molar refractivity (Wildman–Crippen MR) is 154 cm³/mol. The van der Waals surface area contributed by atoms with E-state index in [1.165, 1.54) is 4.90 Å². The summed E-state index contributed by atoms with van der Waals surface area (Å²) in [6.45, 7) is 12.4. The number of rotatable bonds is 1. The number of aliphatic hydroxyl groups is 1. The number of benzene rings is 2. The zero-order valence-electron chi connectivity index (χ0n) is 23.8. The van der Waals surface area contributed by atoms with Gasteiger partial charge in [0.2, 0.25) is 0 Å². The number of Topliss-reactive ketones (excluding diaryl/α,β-unsaturated/α-hetero) is 1. The molecule has 0 saturated carbocycles. The normalized spacial score (nSPS) is 18.9. The number of carbonyl (C=O) groups is 3. The topological polar surface area (TPSA) is 96.4 Å². The van der Waals surface area contributed by atoms with E-state index in [9.17, 15) is 19.5 Å². The lowest BCUT2D eigenvalue weighted by molar-refractivity contribution is -0.117. The van der Waals surface area contributed by atoms with Crippen LogP contribution < -0.4 is 0 Å². The minimum absolute atomic E-state index is 0.103. The van der Waals surface area contributed by atoms with Crippen LogP contribution in [0, 0.1) is 0 Å². The van der Waals surface area contributed by atoms with E-state index in [-0.39, 0.29) is 25.0 Å². The Morgan fingerprint density at radius 1 is 0.821 bits per heavy atom. The fourth-order valence-electron chi connectivity index (χ4n) is 3.79. The van der Waals surface area contributed by atoms with Crippen LogP contribution in [0.1, 0.15) is 59.9 Å². The molecule has 4 rings (SSSR count). The van der Waals surface area contributed by atoms with E-state index in [2.05, 4.69) is 15.9 Å². The third-order valence-electron chi connectivity index (χ3n) is 5.62. The van der Waals surface area contributed by atoms with Gasteiger partial charge in [0.05, 0.1) is 13.1 Å². The molecule has 8 nitrogen and oxygen atoms in total. The van der Waals surface area contributed by atoms with Gasteiger partial charge in [0.25, 0.3) is 0 Å². The molecule has 0 aromatic heterocycles. The van der Waals surface area contributed by atoms with Crippen LogP contribution in [0.15, 0.2) is 65.1 Å². The summed E-state index contributed by atoms with van der Waals surface area (Å²) < 4.78 is 11.6. The molecule has 1 unspecified atom stereocenters. The van der Waals surface area contributed by atoms with Crippen LogP contribution in [0.5, 0.6) is 0 Å². The largest absolute Gasteiger partial charge is 0.444 e. The second kappa shape index (κ2) is 13.9. The fourth-order valence-corrected chi connectivity index (χ4v) is 4.09. The van der Waals surface area contributed by atoms with Gasteiger partial charge >= 0.3 is 12.2 Å². The molecule has 39 heavy (non-hydrogen) atoms. The highest BCUT2D eigenvalue weighted by Crippen LogP contribution is 2.32. The lowest BCUT2D eigenvalue weighted by atomic mass is 9.93. The summed E-state index contributed by atoms with van der Waals surface area (Å²) in [6, 6.07) is 19.4. The number of likely N-dealkylation sites (tertiary alicyclic amines) is 2. The third-order valence-corrected chi connectivity index (χ3v) is 6.15. The van der Waals surface area contributed by atoms with Crippen molar-refractivity contribution in [3.05, 3.63) is 70.7 Å². The highest BCUT2D eigenvalue weighted by Gasteiger charge is 2.40. The Labute approximate surface area is 240 Å². The molecular formula is C30H41BrN2O6. The number of ether oxygens (including phenoxy) is 2. The number of amides is 2. The molecular weight excluding hydrogens is 564 g/mol. The summed E-state index contributed by atoms with van der Waals surface area (Å²) in [5, 5.41) is 10.6. The van der Waals surface area contributed by atoms with Gasteiger partial charge in [-0.2, -0.15) is 0 Å². The molecule has 0 radical (unpaired) electrons. The molecule has 2 fully saturated rings. The third kappa shape index (κ3) is 11.8. The summed E-state index contributed by atoms with van der Waals surface area (Å²) in [7, 11) is 0. The number of nitrogens with zero attached hydrogens (tertiary/aromatic N) is 2. The van der Waals surface area contributed by atoms with Crippen LogP contribution in [0.3, 0.4) is 0 Å². The van der Waals surface area contributed by atoms with Gasteiger partial charge in [-0.3, -0.25) is 4.79 Å². The Hall–Kier alpha value is -2.91. The Bertz CT molecular complexity index is 1080. The average molecular weight is 606 g/mol. The standard InChI is InChI=1S/C15H21NO3.C9H15NO3.C6H5Br/c1-14(2,3)19-13(17)16-10-9-15(18,11-16)12-7-5-4-6-8-12;1-9(2,3)13-8(12)10-5-4-7(11)6-10;7-6-4-2-1-3-5-6/h4-8,18H,9-11H2,1-3H3;4-6H2,1-3H3;1-5H. The summed E-state index contributed by atoms with van der Waals surface area (Å²) in [5.41, 5.74) is -1.10. The average Bonchev–Trinajstić information content (AvgIpc) is 3.46. The summed E-state index contributed by atoms with van der Waals surface area (Å²) in [4.78, 5) is 37.2. The number of β-amino-alcohol motifs (C(OH)–C–C–N with tert-alkyl or cyclic N) is 1. The predicted octanol–water partition coefficient (Wildman–Crippen LogP) is 6.16. The summed E-state index contributed by atoms with van der Waals surface area (Å²) in [6.07, 6.45) is 0.243. The van der Waals surface area contributed by atoms with Gasteiger partial charge in [0.15, 0.2) is 5.78 Å². The molecule has 2 aromatic rings. The molecule has 2 heterocycles. The molecule has 2 aromatic carbocycles. The molecule has 2 amide bonds. The van der Waals surface area contributed by atoms with Crippen molar-refractivity contribution in [2.45, 2.75) is 71.2 Å². The van der Waals surface area contributed by atoms with Crippen LogP contribution in [-0.2, 0) is 19.9 Å². The van der Waals surface area contributed by atoms with Crippen molar-refractivity contribution in [2.24, 2.45) is 0 Å². The minimum atomic E-state index is -0.960. The van der Waals surface area contributed by atoms with Crippen molar-refractivity contribution in [3.63, 3.8) is 0 Å². The Morgan fingerprint density at radius 3 is 1.72 bits per heavy atom. The first-order valence-corrected chi connectivity index (χ1v) is 13.8. The molecule has 0 aliphatic carbocycles. The van der Waals surface area contributed by atoms with Crippen LogP contribution >= 0.6 is 15.9 Å². The smallest absolute Gasteiger partial charge is 0.410 e. The van der Waals surface area contributed by atoms with Crippen LogP contribution in [0.2, 0.25) is 0 Å². The Kier molecular flexibility index (Phi) is 11.5. The molecule has 1 atom stereocenters.